The molecule has 3 aromatic rings. The highest BCUT2D eigenvalue weighted by molar-refractivity contribution is 7.16. The summed E-state index contributed by atoms with van der Waals surface area (Å²) in [6.45, 7) is 2.04. The fraction of sp³-hybridized carbons (Fsp3) is 0.0833. The number of aryl methyl sites for hydroxylation is 1. The molecule has 19 heavy (non-hydrogen) atoms. The average molecular weight is 307 g/mol. The van der Waals surface area contributed by atoms with Crippen LogP contribution in [-0.2, 0) is 0 Å². The van der Waals surface area contributed by atoms with Gasteiger partial charge in [-0.2, -0.15) is 9.36 Å². The smallest absolute Gasteiger partial charge is 0.267 e. The molecule has 0 aromatic carbocycles. The second-order valence-corrected chi connectivity index (χ2v) is 6.75. The summed E-state index contributed by atoms with van der Waals surface area (Å²) in [6.07, 6.45) is 0. The van der Waals surface area contributed by atoms with Crippen LogP contribution in [0.25, 0.3) is 10.7 Å². The molecule has 0 aliphatic heterocycles. The van der Waals surface area contributed by atoms with E-state index < -0.39 is 0 Å². The molecule has 0 aliphatic carbocycles. The van der Waals surface area contributed by atoms with Crippen molar-refractivity contribution in [2.45, 2.75) is 6.92 Å². The van der Waals surface area contributed by atoms with Gasteiger partial charge in [0.1, 0.15) is 0 Å². The number of aromatic nitrogens is 2. The molecule has 0 saturated heterocycles. The normalized spacial score (nSPS) is 10.6. The minimum atomic E-state index is -0.139. The van der Waals surface area contributed by atoms with E-state index in [2.05, 4.69) is 14.7 Å². The number of thiophene rings is 2. The predicted octanol–water partition coefficient (Wildman–Crippen LogP) is 3.89. The Balaban J connectivity index is 1.77. The second kappa shape index (κ2) is 5.20. The molecule has 3 aromatic heterocycles. The van der Waals surface area contributed by atoms with Crippen LogP contribution in [0.2, 0.25) is 0 Å². The van der Waals surface area contributed by atoms with Crippen molar-refractivity contribution in [1.29, 1.82) is 0 Å². The third-order valence-corrected chi connectivity index (χ3v) is 4.85. The van der Waals surface area contributed by atoms with E-state index in [1.54, 1.807) is 17.4 Å². The molecular weight excluding hydrogens is 298 g/mol. The molecule has 0 spiro atoms. The van der Waals surface area contributed by atoms with Crippen LogP contribution < -0.4 is 5.32 Å². The Bertz CT molecular complexity index is 699. The van der Waals surface area contributed by atoms with E-state index in [0.29, 0.717) is 15.8 Å². The monoisotopic (exact) mass is 307 g/mol. The summed E-state index contributed by atoms with van der Waals surface area (Å²) in [6, 6.07) is 7.65. The van der Waals surface area contributed by atoms with Gasteiger partial charge in [-0.1, -0.05) is 6.07 Å². The SMILES string of the molecule is Cc1ccc(-c2nsc(NC(=O)c3cccs3)n2)s1. The van der Waals surface area contributed by atoms with Gasteiger partial charge in [-0.25, -0.2) is 0 Å². The standard InChI is InChI=1S/C12H9N3OS3/c1-7-4-5-8(18-7)10-13-12(19-15-10)14-11(16)9-3-2-6-17-9/h2-6H,1H3,(H,13,14,15,16). The lowest BCUT2D eigenvalue weighted by atomic mass is 10.4. The van der Waals surface area contributed by atoms with Gasteiger partial charge in [-0.05, 0) is 30.5 Å². The Morgan fingerprint density at radius 3 is 2.89 bits per heavy atom. The van der Waals surface area contributed by atoms with E-state index in [1.807, 2.05) is 30.5 Å². The fourth-order valence-corrected chi connectivity index (χ4v) is 3.55. The van der Waals surface area contributed by atoms with Gasteiger partial charge in [0.05, 0.1) is 9.75 Å². The Labute approximate surface area is 121 Å². The number of carbonyl (C=O) groups excluding carboxylic acids is 1. The van der Waals surface area contributed by atoms with Crippen LogP contribution in [0.15, 0.2) is 29.6 Å². The van der Waals surface area contributed by atoms with Gasteiger partial charge in [0.15, 0.2) is 5.82 Å². The van der Waals surface area contributed by atoms with Crippen molar-refractivity contribution < 1.29 is 4.79 Å². The number of nitrogens with one attached hydrogen (secondary N) is 1. The quantitative estimate of drug-likeness (QED) is 0.798. The first-order valence-corrected chi connectivity index (χ1v) is 7.95. The number of hydrogen-bond donors (Lipinski definition) is 1. The first-order valence-electron chi connectivity index (χ1n) is 5.48. The summed E-state index contributed by atoms with van der Waals surface area (Å²) in [4.78, 5) is 19.1. The lowest BCUT2D eigenvalue weighted by Crippen LogP contribution is -2.09. The maximum absolute atomic E-state index is 11.9. The number of hydrogen-bond acceptors (Lipinski definition) is 6. The summed E-state index contributed by atoms with van der Waals surface area (Å²) in [5.74, 6) is 0.532. The van der Waals surface area contributed by atoms with Gasteiger partial charge in [-0.3, -0.25) is 10.1 Å². The summed E-state index contributed by atoms with van der Waals surface area (Å²) < 4.78 is 4.26. The van der Waals surface area contributed by atoms with E-state index in [-0.39, 0.29) is 5.91 Å². The van der Waals surface area contributed by atoms with Gasteiger partial charge in [0.2, 0.25) is 5.13 Å². The number of anilines is 1. The highest BCUT2D eigenvalue weighted by Crippen LogP contribution is 2.27. The van der Waals surface area contributed by atoms with Gasteiger partial charge >= 0.3 is 0 Å². The van der Waals surface area contributed by atoms with Crippen LogP contribution >= 0.6 is 34.2 Å². The van der Waals surface area contributed by atoms with Crippen LogP contribution in [0.1, 0.15) is 14.5 Å². The Hall–Kier alpha value is -1.57. The molecule has 4 nitrogen and oxygen atoms in total. The Morgan fingerprint density at radius 1 is 1.32 bits per heavy atom. The van der Waals surface area contributed by atoms with Crippen LogP contribution in [-0.4, -0.2) is 15.3 Å². The van der Waals surface area contributed by atoms with E-state index in [4.69, 9.17) is 0 Å². The number of rotatable bonds is 3. The predicted molar refractivity (Wildman–Crippen MR) is 80.2 cm³/mol. The van der Waals surface area contributed by atoms with Crippen molar-refractivity contribution >= 4 is 45.2 Å². The third kappa shape index (κ3) is 2.73. The molecule has 3 rings (SSSR count). The minimum Gasteiger partial charge on any atom is -0.296 e. The van der Waals surface area contributed by atoms with E-state index in [1.165, 1.54) is 27.7 Å². The van der Waals surface area contributed by atoms with Crippen molar-refractivity contribution in [2.75, 3.05) is 5.32 Å². The van der Waals surface area contributed by atoms with Crippen molar-refractivity contribution in [3.63, 3.8) is 0 Å². The maximum Gasteiger partial charge on any atom is 0.267 e. The number of nitrogens with zero attached hydrogens (tertiary/aromatic N) is 2. The lowest BCUT2D eigenvalue weighted by Gasteiger charge is -1.96. The highest BCUT2D eigenvalue weighted by Gasteiger charge is 2.12. The van der Waals surface area contributed by atoms with E-state index in [9.17, 15) is 4.79 Å². The Morgan fingerprint density at radius 2 is 2.21 bits per heavy atom. The van der Waals surface area contributed by atoms with Crippen LogP contribution in [0.4, 0.5) is 5.13 Å². The van der Waals surface area contributed by atoms with Crippen LogP contribution in [0.3, 0.4) is 0 Å². The summed E-state index contributed by atoms with van der Waals surface area (Å²) in [5.41, 5.74) is 0. The minimum absolute atomic E-state index is 0.139. The summed E-state index contributed by atoms with van der Waals surface area (Å²) >= 11 is 4.24. The second-order valence-electron chi connectivity index (χ2n) is 3.76. The molecule has 3 heterocycles. The van der Waals surface area contributed by atoms with E-state index in [0.717, 1.165) is 4.88 Å². The summed E-state index contributed by atoms with van der Waals surface area (Å²) in [5, 5.41) is 5.16. The maximum atomic E-state index is 11.9. The van der Waals surface area contributed by atoms with Gasteiger partial charge < -0.3 is 0 Å². The molecule has 0 saturated carbocycles. The summed E-state index contributed by atoms with van der Waals surface area (Å²) in [7, 11) is 0. The Kier molecular flexibility index (Phi) is 3.41. The zero-order valence-corrected chi connectivity index (χ0v) is 12.4. The third-order valence-electron chi connectivity index (χ3n) is 2.35. The molecule has 0 atom stereocenters. The van der Waals surface area contributed by atoms with Crippen LogP contribution in [0, 0.1) is 6.92 Å². The first kappa shape index (κ1) is 12.5. The molecule has 0 aliphatic rings. The van der Waals surface area contributed by atoms with Gasteiger partial charge in [0, 0.05) is 16.4 Å². The zero-order valence-electron chi connectivity index (χ0n) is 9.91. The topological polar surface area (TPSA) is 54.9 Å². The van der Waals surface area contributed by atoms with Crippen molar-refractivity contribution in [3.05, 3.63) is 39.4 Å². The fourth-order valence-electron chi connectivity index (χ4n) is 1.50. The average Bonchev–Trinajstić information content (AvgIpc) is 3.07. The first-order chi connectivity index (χ1) is 9.22. The number of carbonyl (C=O) groups is 1. The largest absolute Gasteiger partial charge is 0.296 e. The molecule has 1 N–H and O–H groups in total. The molecule has 0 radical (unpaired) electrons. The molecule has 0 bridgehead atoms. The van der Waals surface area contributed by atoms with Crippen molar-refractivity contribution in [1.82, 2.24) is 9.36 Å². The highest BCUT2D eigenvalue weighted by atomic mass is 32.1. The van der Waals surface area contributed by atoms with Crippen molar-refractivity contribution in [3.8, 4) is 10.7 Å². The van der Waals surface area contributed by atoms with Crippen LogP contribution in [0.5, 0.6) is 0 Å². The molecular formula is C12H9N3OS3. The zero-order chi connectivity index (χ0) is 13.2. The molecule has 0 unspecified atom stereocenters. The van der Waals surface area contributed by atoms with Gasteiger partial charge in [-0.15, -0.1) is 22.7 Å². The lowest BCUT2D eigenvalue weighted by molar-refractivity contribution is 0.103. The molecule has 96 valence electrons. The molecule has 7 heteroatoms. The molecule has 0 fully saturated rings. The number of amides is 1. The van der Waals surface area contributed by atoms with Gasteiger partial charge in [0.25, 0.3) is 5.91 Å². The van der Waals surface area contributed by atoms with Crippen molar-refractivity contribution in [2.24, 2.45) is 0 Å². The molecule has 1 amide bonds. The van der Waals surface area contributed by atoms with E-state index >= 15 is 0 Å².